The van der Waals surface area contributed by atoms with Crippen LogP contribution in [0, 0.1) is 28.6 Å². The molecule has 1 N–H and O–H groups in total. The third-order valence-electron chi connectivity index (χ3n) is 6.92. The molecular formula is C24H23N3O3. The second-order valence-corrected chi connectivity index (χ2v) is 9.18. The minimum Gasteiger partial charge on any atom is -0.454 e. The maximum atomic E-state index is 13.4. The van der Waals surface area contributed by atoms with Gasteiger partial charge < -0.3 is 10.1 Å². The third kappa shape index (κ3) is 3.24. The van der Waals surface area contributed by atoms with Crippen LogP contribution in [0.2, 0.25) is 0 Å². The normalized spacial score (nSPS) is 31.0. The summed E-state index contributed by atoms with van der Waals surface area (Å²) in [6.07, 6.45) is 6.53. The van der Waals surface area contributed by atoms with Crippen molar-refractivity contribution < 1.29 is 14.3 Å². The van der Waals surface area contributed by atoms with Crippen LogP contribution in [0.3, 0.4) is 0 Å². The molecule has 2 aromatic rings. The second-order valence-electron chi connectivity index (χ2n) is 9.18. The Morgan fingerprint density at radius 2 is 1.90 bits per heavy atom. The number of pyridine rings is 1. The van der Waals surface area contributed by atoms with Gasteiger partial charge in [0.1, 0.15) is 11.3 Å². The van der Waals surface area contributed by atoms with Crippen LogP contribution in [-0.4, -0.2) is 22.5 Å². The summed E-state index contributed by atoms with van der Waals surface area (Å²) >= 11 is 0. The van der Waals surface area contributed by atoms with Crippen molar-refractivity contribution in [1.29, 1.82) is 5.26 Å². The fraction of sp³-hybridized carbons (Fsp3) is 0.417. The van der Waals surface area contributed by atoms with Gasteiger partial charge in [0.2, 0.25) is 5.91 Å². The van der Waals surface area contributed by atoms with Gasteiger partial charge in [0, 0.05) is 18.3 Å². The summed E-state index contributed by atoms with van der Waals surface area (Å²) in [7, 11) is 0. The van der Waals surface area contributed by atoms with Crippen LogP contribution in [-0.2, 0) is 9.53 Å². The van der Waals surface area contributed by atoms with E-state index in [0.717, 1.165) is 32.1 Å². The van der Waals surface area contributed by atoms with E-state index in [0.29, 0.717) is 35.2 Å². The number of amides is 1. The summed E-state index contributed by atoms with van der Waals surface area (Å²) in [5.74, 6) is 0.345. The van der Waals surface area contributed by atoms with Crippen molar-refractivity contribution in [1.82, 2.24) is 4.98 Å². The Morgan fingerprint density at radius 1 is 1.10 bits per heavy atom. The van der Waals surface area contributed by atoms with Gasteiger partial charge in [0.25, 0.3) is 0 Å². The van der Waals surface area contributed by atoms with Gasteiger partial charge >= 0.3 is 5.97 Å². The highest BCUT2D eigenvalue weighted by atomic mass is 16.6. The van der Waals surface area contributed by atoms with Crippen LogP contribution in [0.15, 0.2) is 48.7 Å². The standard InChI is InChI=1S/C24H23N3O3/c25-14-16-4-3-5-19(9-16)27-22(29)23-10-17-8-18(11-23)13-24(12-17,15-23)30-21(28)20-6-1-2-7-26-20/h1-7,9,17-18H,8,10-13,15H2,(H,27,29). The summed E-state index contributed by atoms with van der Waals surface area (Å²) in [5, 5.41) is 12.2. The van der Waals surface area contributed by atoms with E-state index in [1.807, 2.05) is 0 Å². The Morgan fingerprint density at radius 3 is 2.60 bits per heavy atom. The van der Waals surface area contributed by atoms with Crippen molar-refractivity contribution in [2.45, 2.75) is 44.1 Å². The van der Waals surface area contributed by atoms with Crippen LogP contribution in [0.25, 0.3) is 0 Å². The maximum Gasteiger partial charge on any atom is 0.357 e. The van der Waals surface area contributed by atoms with Gasteiger partial charge in [0.05, 0.1) is 17.0 Å². The molecule has 1 amide bonds. The van der Waals surface area contributed by atoms with Crippen molar-refractivity contribution in [3.8, 4) is 6.07 Å². The van der Waals surface area contributed by atoms with E-state index < -0.39 is 17.0 Å². The molecule has 6 nitrogen and oxygen atoms in total. The first-order valence-corrected chi connectivity index (χ1v) is 10.5. The number of carbonyl (C=O) groups is 2. The van der Waals surface area contributed by atoms with Crippen LogP contribution in [0.4, 0.5) is 5.69 Å². The highest BCUT2D eigenvalue weighted by Gasteiger charge is 2.62. The van der Waals surface area contributed by atoms with E-state index >= 15 is 0 Å². The smallest absolute Gasteiger partial charge is 0.357 e. The molecule has 2 unspecified atom stereocenters. The zero-order valence-electron chi connectivity index (χ0n) is 16.6. The van der Waals surface area contributed by atoms with E-state index in [1.54, 1.807) is 48.7 Å². The largest absolute Gasteiger partial charge is 0.454 e. The van der Waals surface area contributed by atoms with E-state index in [1.165, 1.54) is 0 Å². The lowest BCUT2D eigenvalue weighted by Gasteiger charge is -2.60. The lowest BCUT2D eigenvalue weighted by molar-refractivity contribution is -0.176. The average Bonchev–Trinajstić information content (AvgIpc) is 2.73. The molecule has 0 aliphatic heterocycles. The molecule has 152 valence electrons. The molecule has 0 spiro atoms. The summed E-state index contributed by atoms with van der Waals surface area (Å²) < 4.78 is 6.07. The number of anilines is 1. The summed E-state index contributed by atoms with van der Waals surface area (Å²) in [5.41, 5.74) is 0.329. The van der Waals surface area contributed by atoms with E-state index in [2.05, 4.69) is 16.4 Å². The molecular weight excluding hydrogens is 378 g/mol. The second kappa shape index (κ2) is 6.94. The van der Waals surface area contributed by atoms with Gasteiger partial charge in [-0.2, -0.15) is 5.26 Å². The van der Waals surface area contributed by atoms with Gasteiger partial charge in [-0.1, -0.05) is 12.1 Å². The molecule has 4 fully saturated rings. The lowest BCUT2D eigenvalue weighted by atomic mass is 9.47. The van der Waals surface area contributed by atoms with Gasteiger partial charge in [-0.25, -0.2) is 9.78 Å². The predicted octanol–water partition coefficient (Wildman–Crippen LogP) is 4.09. The Labute approximate surface area is 175 Å². The molecule has 6 rings (SSSR count). The van der Waals surface area contributed by atoms with Crippen LogP contribution in [0.5, 0.6) is 0 Å². The fourth-order valence-corrected chi connectivity index (χ4v) is 6.23. The number of hydrogen-bond donors (Lipinski definition) is 1. The molecule has 4 saturated carbocycles. The van der Waals surface area contributed by atoms with E-state index in [9.17, 15) is 9.59 Å². The molecule has 0 radical (unpaired) electrons. The van der Waals surface area contributed by atoms with E-state index in [-0.39, 0.29) is 5.91 Å². The molecule has 2 atom stereocenters. The molecule has 1 heterocycles. The number of carbonyl (C=O) groups excluding carboxylic acids is 2. The summed E-state index contributed by atoms with van der Waals surface area (Å²) in [4.78, 5) is 30.3. The van der Waals surface area contributed by atoms with Crippen LogP contribution in [0.1, 0.15) is 54.6 Å². The highest BCUT2D eigenvalue weighted by Crippen LogP contribution is 2.63. The number of benzene rings is 1. The van der Waals surface area contributed by atoms with Crippen molar-refractivity contribution in [2.24, 2.45) is 17.3 Å². The molecule has 4 aliphatic carbocycles. The topological polar surface area (TPSA) is 92.1 Å². The first-order chi connectivity index (χ1) is 14.5. The van der Waals surface area contributed by atoms with Crippen molar-refractivity contribution in [3.63, 3.8) is 0 Å². The number of ether oxygens (including phenoxy) is 1. The molecule has 0 saturated heterocycles. The number of nitrogens with one attached hydrogen (secondary N) is 1. The molecule has 6 heteroatoms. The number of esters is 1. The molecule has 1 aromatic heterocycles. The first-order valence-electron chi connectivity index (χ1n) is 10.5. The average molecular weight is 401 g/mol. The number of aromatic nitrogens is 1. The molecule has 1 aromatic carbocycles. The van der Waals surface area contributed by atoms with Crippen molar-refractivity contribution in [3.05, 3.63) is 59.9 Å². The number of nitriles is 1. The van der Waals surface area contributed by atoms with Gasteiger partial charge in [-0.05, 0) is 74.3 Å². The van der Waals surface area contributed by atoms with Gasteiger partial charge in [-0.15, -0.1) is 0 Å². The number of hydrogen-bond acceptors (Lipinski definition) is 5. The molecule has 4 bridgehead atoms. The molecule has 4 aliphatic rings. The van der Waals surface area contributed by atoms with Crippen molar-refractivity contribution >= 4 is 17.6 Å². The Kier molecular flexibility index (Phi) is 4.35. The number of nitrogens with zero attached hydrogens (tertiary/aromatic N) is 2. The summed E-state index contributed by atoms with van der Waals surface area (Å²) in [6.45, 7) is 0. The highest BCUT2D eigenvalue weighted by molar-refractivity contribution is 5.96. The van der Waals surface area contributed by atoms with Crippen LogP contribution >= 0.6 is 0 Å². The molecule has 30 heavy (non-hydrogen) atoms. The quantitative estimate of drug-likeness (QED) is 0.779. The minimum absolute atomic E-state index is 0.0232. The Hall–Kier alpha value is -3.20. The monoisotopic (exact) mass is 401 g/mol. The SMILES string of the molecule is N#Cc1cccc(NC(=O)C23CC4CC(CC(OC(=O)c5ccccn5)(C4)C2)C3)c1. The minimum atomic E-state index is -0.593. The lowest BCUT2D eigenvalue weighted by Crippen LogP contribution is -2.60. The Balaban J connectivity index is 1.39. The van der Waals surface area contributed by atoms with Gasteiger partial charge in [-0.3, -0.25) is 4.79 Å². The van der Waals surface area contributed by atoms with Gasteiger partial charge in [0.15, 0.2) is 0 Å². The van der Waals surface area contributed by atoms with Crippen LogP contribution < -0.4 is 5.32 Å². The first kappa shape index (κ1) is 18.8. The maximum absolute atomic E-state index is 13.4. The predicted molar refractivity (Wildman–Crippen MR) is 109 cm³/mol. The zero-order chi connectivity index (χ0) is 20.8. The van der Waals surface area contributed by atoms with E-state index in [4.69, 9.17) is 10.00 Å². The third-order valence-corrected chi connectivity index (χ3v) is 6.92. The van der Waals surface area contributed by atoms with Crippen molar-refractivity contribution in [2.75, 3.05) is 5.32 Å². The Bertz CT molecular complexity index is 1030. The number of rotatable bonds is 4. The summed E-state index contributed by atoms with van der Waals surface area (Å²) in [6, 6.07) is 14.3. The fourth-order valence-electron chi connectivity index (χ4n) is 6.23. The zero-order valence-corrected chi connectivity index (χ0v) is 16.6.